The third kappa shape index (κ3) is 3.24. The molecule has 0 fully saturated rings. The maximum Gasteiger partial charge on any atom is 0.262 e. The van der Waals surface area contributed by atoms with Gasteiger partial charge in [0, 0.05) is 16.7 Å². The van der Waals surface area contributed by atoms with Crippen LogP contribution in [0.3, 0.4) is 0 Å². The number of pyridine rings is 1. The van der Waals surface area contributed by atoms with E-state index < -0.39 is 17.4 Å². The molecule has 4 rings (SSSR count). The van der Waals surface area contributed by atoms with Crippen molar-refractivity contribution in [2.75, 3.05) is 5.73 Å². The van der Waals surface area contributed by atoms with E-state index >= 15 is 0 Å². The van der Waals surface area contributed by atoms with E-state index in [2.05, 4.69) is 5.32 Å². The Morgan fingerprint density at radius 1 is 1.03 bits per heavy atom. The number of aromatic nitrogens is 1. The van der Waals surface area contributed by atoms with E-state index in [4.69, 9.17) is 22.1 Å². The number of amides is 2. The van der Waals surface area contributed by atoms with Gasteiger partial charge in [-0.1, -0.05) is 11.6 Å². The standard InChI is InChI=1S/C20H14ClN3O5/c21-11-1-4-13(5-2-11)29-15-6-3-12(7-10(15)9-25)24-16(26)8-14-17(18(24)22)20(28)23-19(14)27/h1-8,25H,9,22H2,(H,23,27,28). The number of rotatable bonds is 4. The number of nitrogen functional groups attached to an aromatic ring is 1. The number of nitrogens with one attached hydrogen (secondary N) is 1. The Bertz CT molecular complexity index is 1220. The summed E-state index contributed by atoms with van der Waals surface area (Å²) in [7, 11) is 0. The van der Waals surface area contributed by atoms with Gasteiger partial charge in [0.25, 0.3) is 17.4 Å². The van der Waals surface area contributed by atoms with Gasteiger partial charge in [0.1, 0.15) is 17.3 Å². The van der Waals surface area contributed by atoms with E-state index in [-0.39, 0.29) is 23.6 Å². The molecule has 29 heavy (non-hydrogen) atoms. The second-order valence-electron chi connectivity index (χ2n) is 6.28. The molecule has 2 amide bonds. The first-order valence-electron chi connectivity index (χ1n) is 8.48. The smallest absolute Gasteiger partial charge is 0.262 e. The predicted octanol–water partition coefficient (Wildman–Crippen LogP) is 2.24. The summed E-state index contributed by atoms with van der Waals surface area (Å²) in [5.41, 5.74) is 6.05. The quantitative estimate of drug-likeness (QED) is 0.566. The van der Waals surface area contributed by atoms with Gasteiger partial charge in [-0.15, -0.1) is 0 Å². The molecule has 0 unspecified atom stereocenters. The van der Waals surface area contributed by atoms with Gasteiger partial charge >= 0.3 is 0 Å². The number of ether oxygens (including phenoxy) is 1. The van der Waals surface area contributed by atoms with Gasteiger partial charge in [-0.05, 0) is 42.5 Å². The average Bonchev–Trinajstić information content (AvgIpc) is 2.98. The van der Waals surface area contributed by atoms with Crippen LogP contribution < -0.4 is 21.3 Å². The van der Waals surface area contributed by atoms with Crippen molar-refractivity contribution < 1.29 is 19.4 Å². The van der Waals surface area contributed by atoms with E-state index in [1.165, 1.54) is 6.07 Å². The molecule has 0 atom stereocenters. The fourth-order valence-corrected chi connectivity index (χ4v) is 3.23. The van der Waals surface area contributed by atoms with Crippen molar-refractivity contribution in [1.82, 2.24) is 9.88 Å². The lowest BCUT2D eigenvalue weighted by atomic mass is 10.1. The van der Waals surface area contributed by atoms with Gasteiger partial charge in [0.2, 0.25) is 0 Å². The molecule has 8 nitrogen and oxygen atoms in total. The van der Waals surface area contributed by atoms with Gasteiger partial charge in [0.05, 0.1) is 23.4 Å². The second-order valence-corrected chi connectivity index (χ2v) is 6.72. The SMILES string of the molecule is Nc1c2c(cc(=O)n1-c1ccc(Oc3ccc(Cl)cc3)c(CO)c1)C(=O)NC2=O. The molecule has 2 heterocycles. The molecule has 3 aromatic rings. The van der Waals surface area contributed by atoms with Crippen LogP contribution >= 0.6 is 11.6 Å². The Hall–Kier alpha value is -3.62. The van der Waals surface area contributed by atoms with Gasteiger partial charge in [0.15, 0.2) is 0 Å². The number of aliphatic hydroxyl groups is 1. The molecule has 146 valence electrons. The van der Waals surface area contributed by atoms with Crippen molar-refractivity contribution in [3.05, 3.63) is 80.6 Å². The molecular weight excluding hydrogens is 398 g/mol. The monoisotopic (exact) mass is 411 g/mol. The molecule has 4 N–H and O–H groups in total. The minimum absolute atomic E-state index is 0.0540. The summed E-state index contributed by atoms with van der Waals surface area (Å²) in [6.07, 6.45) is 0. The summed E-state index contributed by atoms with van der Waals surface area (Å²) in [4.78, 5) is 36.3. The Morgan fingerprint density at radius 3 is 2.45 bits per heavy atom. The van der Waals surface area contributed by atoms with Crippen LogP contribution in [0, 0.1) is 0 Å². The molecule has 0 bridgehead atoms. The first-order valence-corrected chi connectivity index (χ1v) is 8.85. The zero-order valence-electron chi connectivity index (χ0n) is 14.8. The lowest BCUT2D eigenvalue weighted by molar-refractivity contribution is 0.0880. The van der Waals surface area contributed by atoms with Crippen molar-refractivity contribution >= 4 is 29.2 Å². The molecule has 0 saturated carbocycles. The number of imide groups is 1. The molecule has 1 aromatic heterocycles. The van der Waals surface area contributed by atoms with Crippen LogP contribution in [0.5, 0.6) is 11.5 Å². The summed E-state index contributed by atoms with van der Waals surface area (Å²) in [5, 5.41) is 12.4. The van der Waals surface area contributed by atoms with E-state index in [1.54, 1.807) is 36.4 Å². The largest absolute Gasteiger partial charge is 0.457 e. The molecule has 0 spiro atoms. The number of nitrogens with zero attached hydrogens (tertiary/aromatic N) is 1. The number of hydrogen-bond donors (Lipinski definition) is 3. The number of nitrogens with two attached hydrogens (primary N) is 1. The highest BCUT2D eigenvalue weighted by atomic mass is 35.5. The Balaban J connectivity index is 1.78. The Morgan fingerprint density at radius 2 is 1.76 bits per heavy atom. The van der Waals surface area contributed by atoms with Crippen LogP contribution in [0.25, 0.3) is 5.69 Å². The summed E-state index contributed by atoms with van der Waals surface area (Å²) >= 11 is 5.86. The van der Waals surface area contributed by atoms with Gasteiger partial charge in [-0.3, -0.25) is 24.3 Å². The number of aliphatic hydroxyl groups excluding tert-OH is 1. The van der Waals surface area contributed by atoms with Crippen molar-refractivity contribution in [1.29, 1.82) is 0 Å². The van der Waals surface area contributed by atoms with Crippen LogP contribution in [-0.4, -0.2) is 21.5 Å². The van der Waals surface area contributed by atoms with Crippen molar-refractivity contribution in [3.63, 3.8) is 0 Å². The number of carbonyl (C=O) groups excluding carboxylic acids is 2. The Kier molecular flexibility index (Phi) is 4.57. The first kappa shape index (κ1) is 18.7. The molecule has 0 radical (unpaired) electrons. The summed E-state index contributed by atoms with van der Waals surface area (Å²) in [6.45, 7) is -0.366. The highest BCUT2D eigenvalue weighted by Crippen LogP contribution is 2.30. The fraction of sp³-hybridized carbons (Fsp3) is 0.0500. The third-order valence-corrected chi connectivity index (χ3v) is 4.72. The van der Waals surface area contributed by atoms with Crippen LogP contribution in [0.15, 0.2) is 53.3 Å². The number of halogens is 1. The summed E-state index contributed by atoms with van der Waals surface area (Å²) in [5.74, 6) is -0.600. The van der Waals surface area contributed by atoms with Gasteiger partial charge in [-0.2, -0.15) is 0 Å². The Labute approximate surface area is 169 Å². The highest BCUT2D eigenvalue weighted by Gasteiger charge is 2.31. The minimum atomic E-state index is -0.665. The molecule has 1 aliphatic heterocycles. The molecular formula is C20H14ClN3O5. The number of benzene rings is 2. The van der Waals surface area contributed by atoms with Crippen LogP contribution in [0.4, 0.5) is 5.82 Å². The van der Waals surface area contributed by atoms with Crippen LogP contribution in [-0.2, 0) is 6.61 Å². The predicted molar refractivity (Wildman–Crippen MR) is 106 cm³/mol. The van der Waals surface area contributed by atoms with Crippen molar-refractivity contribution in [3.8, 4) is 17.2 Å². The van der Waals surface area contributed by atoms with Crippen LogP contribution in [0.2, 0.25) is 5.02 Å². The average molecular weight is 412 g/mol. The lowest BCUT2D eigenvalue weighted by Gasteiger charge is -2.15. The third-order valence-electron chi connectivity index (χ3n) is 4.47. The number of anilines is 1. The van der Waals surface area contributed by atoms with E-state index in [1.807, 2.05) is 0 Å². The van der Waals surface area contributed by atoms with Gasteiger partial charge in [-0.25, -0.2) is 0 Å². The van der Waals surface area contributed by atoms with Gasteiger partial charge < -0.3 is 15.6 Å². The summed E-state index contributed by atoms with van der Waals surface area (Å²) < 4.78 is 6.87. The summed E-state index contributed by atoms with van der Waals surface area (Å²) in [6, 6.07) is 12.4. The maximum atomic E-state index is 12.5. The minimum Gasteiger partial charge on any atom is -0.457 e. The zero-order valence-corrected chi connectivity index (χ0v) is 15.6. The topological polar surface area (TPSA) is 124 Å². The zero-order chi connectivity index (χ0) is 20.7. The number of fused-ring (bicyclic) bond motifs is 1. The first-order chi connectivity index (χ1) is 13.9. The van der Waals surface area contributed by atoms with E-state index in [0.29, 0.717) is 27.8 Å². The van der Waals surface area contributed by atoms with E-state index in [9.17, 15) is 19.5 Å². The maximum absolute atomic E-state index is 12.5. The number of hydrogen-bond acceptors (Lipinski definition) is 6. The molecule has 0 saturated heterocycles. The molecule has 1 aliphatic rings. The molecule has 9 heteroatoms. The normalized spacial score (nSPS) is 12.6. The molecule has 0 aliphatic carbocycles. The van der Waals surface area contributed by atoms with E-state index in [0.717, 1.165) is 10.6 Å². The van der Waals surface area contributed by atoms with Crippen LogP contribution in [0.1, 0.15) is 26.3 Å². The second kappa shape index (κ2) is 7.08. The lowest BCUT2D eigenvalue weighted by Crippen LogP contribution is -2.24. The number of carbonyl (C=O) groups is 2. The molecule has 2 aromatic carbocycles. The highest BCUT2D eigenvalue weighted by molar-refractivity contribution is 6.30. The van der Waals surface area contributed by atoms with Crippen molar-refractivity contribution in [2.24, 2.45) is 0 Å². The van der Waals surface area contributed by atoms with Crippen molar-refractivity contribution in [2.45, 2.75) is 6.61 Å². The fourth-order valence-electron chi connectivity index (χ4n) is 3.10.